The molecule has 19 heteroatoms. The Bertz CT molecular complexity index is 2090. The molecule has 2 aliphatic rings. The zero-order chi connectivity index (χ0) is 42.0. The number of nitrogens with one attached hydrogen (secondary N) is 5. The Morgan fingerprint density at radius 3 is 2.22 bits per heavy atom. The standard InChI is InChI=1S/C40H42ClF3N8O7/c1-57-35(56)30(17-20-45-33(54)34(55)48-31(25-7-8-25)22-58-21-24-5-3-2-4-6-24)47-32(53)26-9-15-29(16-10-26)46-36-49-37(51-38(50-36)59-23-40(42,43)44)52-39(18-19-39)27-11-13-28(41)14-12-27/h2-6,9-16,25,30-31H,7-8,17-23H2,1H3,(H,45,54)(H,47,53)(H,48,55)(H2,46,49,50,51,52)/t30-,31?/m0/s1. The lowest BCUT2D eigenvalue weighted by Crippen LogP contribution is -2.48. The molecule has 0 radical (unpaired) electrons. The van der Waals surface area contributed by atoms with E-state index in [1.807, 2.05) is 42.5 Å². The van der Waals surface area contributed by atoms with Gasteiger partial charge in [-0.1, -0.05) is 54.1 Å². The van der Waals surface area contributed by atoms with E-state index in [1.54, 1.807) is 12.1 Å². The number of carbonyl (C=O) groups excluding carboxylic acids is 4. The van der Waals surface area contributed by atoms with E-state index < -0.39 is 54.1 Å². The van der Waals surface area contributed by atoms with Crippen molar-refractivity contribution in [1.82, 2.24) is 30.9 Å². The van der Waals surface area contributed by atoms with Gasteiger partial charge in [0.15, 0.2) is 6.61 Å². The molecule has 2 saturated carbocycles. The molecule has 4 aromatic rings. The highest BCUT2D eigenvalue weighted by molar-refractivity contribution is 6.35. The first-order chi connectivity index (χ1) is 28.3. The van der Waals surface area contributed by atoms with E-state index in [0.29, 0.717) is 30.2 Å². The maximum Gasteiger partial charge on any atom is 0.422 e. The Morgan fingerprint density at radius 1 is 0.881 bits per heavy atom. The second-order valence-corrected chi connectivity index (χ2v) is 14.5. The van der Waals surface area contributed by atoms with Gasteiger partial charge in [-0.25, -0.2) is 4.79 Å². The fourth-order valence-electron chi connectivity index (χ4n) is 6.06. The Labute approximate surface area is 342 Å². The Balaban J connectivity index is 1.02. The van der Waals surface area contributed by atoms with E-state index in [2.05, 4.69) is 41.5 Å². The molecular weight excluding hydrogens is 797 g/mol. The van der Waals surface area contributed by atoms with Crippen molar-refractivity contribution in [2.24, 2.45) is 5.92 Å². The number of alkyl halides is 3. The SMILES string of the molecule is COC(=O)[C@H](CCNC(=O)C(=O)NC(COCc1ccccc1)C1CC1)NC(=O)c1ccc(Nc2nc(NC3(c4ccc(Cl)cc4)CC3)nc(OCC(F)(F)F)n2)cc1. The van der Waals surface area contributed by atoms with Crippen LogP contribution >= 0.6 is 11.6 Å². The summed E-state index contributed by atoms with van der Waals surface area (Å²) in [6.07, 6.45) is -1.48. The second kappa shape index (κ2) is 19.2. The molecule has 59 heavy (non-hydrogen) atoms. The molecule has 0 bridgehead atoms. The number of aromatic nitrogens is 3. The topological polar surface area (TPSA) is 195 Å². The summed E-state index contributed by atoms with van der Waals surface area (Å²) in [6, 6.07) is 20.5. The van der Waals surface area contributed by atoms with Gasteiger partial charge in [0.25, 0.3) is 5.91 Å². The molecule has 1 aromatic heterocycles. The lowest BCUT2D eigenvalue weighted by atomic mass is 10.1. The summed E-state index contributed by atoms with van der Waals surface area (Å²) in [5.74, 6) is -3.10. The minimum atomic E-state index is -4.64. The number of methoxy groups -OCH3 is 1. The van der Waals surface area contributed by atoms with Gasteiger partial charge in [0, 0.05) is 22.8 Å². The normalized spacial score (nSPS) is 15.2. The van der Waals surface area contributed by atoms with Crippen LogP contribution in [0.5, 0.6) is 6.01 Å². The van der Waals surface area contributed by atoms with Crippen LogP contribution in [0.2, 0.25) is 5.02 Å². The molecule has 15 nitrogen and oxygen atoms in total. The Kier molecular flexibility index (Phi) is 13.8. The van der Waals surface area contributed by atoms with E-state index in [1.165, 1.54) is 24.3 Å². The van der Waals surface area contributed by atoms with Crippen LogP contribution in [0.15, 0.2) is 78.9 Å². The Morgan fingerprint density at radius 2 is 1.58 bits per heavy atom. The van der Waals surface area contributed by atoms with Gasteiger partial charge in [-0.05, 0) is 85.5 Å². The molecule has 2 fully saturated rings. The zero-order valence-electron chi connectivity index (χ0n) is 31.8. The first-order valence-corrected chi connectivity index (χ1v) is 19.1. The van der Waals surface area contributed by atoms with Crippen molar-refractivity contribution in [3.63, 3.8) is 0 Å². The molecule has 0 saturated heterocycles. The van der Waals surface area contributed by atoms with Gasteiger partial charge >= 0.3 is 30.0 Å². The first kappa shape index (κ1) is 42.6. The van der Waals surface area contributed by atoms with Crippen LogP contribution in [-0.2, 0) is 36.0 Å². The lowest BCUT2D eigenvalue weighted by Gasteiger charge is -2.19. The van der Waals surface area contributed by atoms with Crippen molar-refractivity contribution in [2.75, 3.05) is 37.5 Å². The summed E-state index contributed by atoms with van der Waals surface area (Å²) in [7, 11) is 1.15. The van der Waals surface area contributed by atoms with Gasteiger partial charge in [-0.2, -0.15) is 28.1 Å². The summed E-state index contributed by atoms with van der Waals surface area (Å²) in [5.41, 5.74) is 1.82. The summed E-state index contributed by atoms with van der Waals surface area (Å²) >= 11 is 6.04. The van der Waals surface area contributed by atoms with Crippen molar-refractivity contribution in [3.05, 3.63) is 101 Å². The number of nitrogens with zero attached hydrogens (tertiary/aromatic N) is 3. The molecule has 1 heterocycles. The van der Waals surface area contributed by atoms with E-state index in [0.717, 1.165) is 31.1 Å². The van der Waals surface area contributed by atoms with Gasteiger partial charge in [-0.15, -0.1) is 0 Å². The largest absolute Gasteiger partial charge is 0.467 e. The summed E-state index contributed by atoms with van der Waals surface area (Å²) in [4.78, 5) is 63.5. The van der Waals surface area contributed by atoms with E-state index in [-0.39, 0.29) is 49.0 Å². The van der Waals surface area contributed by atoms with Crippen LogP contribution in [0.3, 0.4) is 0 Å². The summed E-state index contributed by atoms with van der Waals surface area (Å²) in [5, 5.41) is 14.4. The van der Waals surface area contributed by atoms with Gasteiger partial charge in [0.2, 0.25) is 11.9 Å². The molecule has 2 atom stereocenters. The predicted molar refractivity (Wildman–Crippen MR) is 209 cm³/mol. The third-order valence-corrected chi connectivity index (χ3v) is 9.77. The average molecular weight is 839 g/mol. The zero-order valence-corrected chi connectivity index (χ0v) is 32.6. The number of halogens is 4. The number of carbonyl (C=O) groups is 4. The fourth-order valence-corrected chi connectivity index (χ4v) is 6.18. The summed E-state index contributed by atoms with van der Waals surface area (Å²) in [6.45, 7) is -1.14. The average Bonchev–Trinajstić information content (AvgIpc) is 4.17. The van der Waals surface area contributed by atoms with Crippen molar-refractivity contribution in [3.8, 4) is 6.01 Å². The maximum absolute atomic E-state index is 13.2. The van der Waals surface area contributed by atoms with Crippen molar-refractivity contribution in [1.29, 1.82) is 0 Å². The highest BCUT2D eigenvalue weighted by Crippen LogP contribution is 2.48. The number of anilines is 3. The van der Waals surface area contributed by atoms with Gasteiger partial charge in [0.05, 0.1) is 31.9 Å². The van der Waals surface area contributed by atoms with Gasteiger partial charge in [0.1, 0.15) is 6.04 Å². The number of esters is 1. The van der Waals surface area contributed by atoms with Crippen LogP contribution < -0.4 is 31.3 Å². The lowest BCUT2D eigenvalue weighted by molar-refractivity contribution is -0.154. The molecule has 1 unspecified atom stereocenters. The minimum absolute atomic E-state index is 0.0274. The van der Waals surface area contributed by atoms with Crippen LogP contribution in [0.25, 0.3) is 0 Å². The molecule has 312 valence electrons. The molecular formula is C40H42ClF3N8O7. The van der Waals surface area contributed by atoms with Crippen LogP contribution in [0, 0.1) is 5.92 Å². The van der Waals surface area contributed by atoms with Crippen LogP contribution in [0.4, 0.5) is 30.8 Å². The smallest absolute Gasteiger partial charge is 0.422 e. The first-order valence-electron chi connectivity index (χ1n) is 18.8. The van der Waals surface area contributed by atoms with Crippen LogP contribution in [0.1, 0.15) is 53.6 Å². The van der Waals surface area contributed by atoms with Gasteiger partial charge in [-0.3, -0.25) is 14.4 Å². The summed E-state index contributed by atoms with van der Waals surface area (Å²) < 4.78 is 54.5. The monoisotopic (exact) mass is 838 g/mol. The van der Waals surface area contributed by atoms with E-state index in [9.17, 15) is 32.3 Å². The van der Waals surface area contributed by atoms with Crippen molar-refractivity contribution in [2.45, 2.75) is 62.5 Å². The number of hydrogen-bond acceptors (Lipinski definition) is 12. The predicted octanol–water partition coefficient (Wildman–Crippen LogP) is 5.20. The number of rotatable bonds is 19. The fraction of sp³-hybridized carbons (Fsp3) is 0.375. The Hall–Kier alpha value is -6.01. The number of hydrogen-bond donors (Lipinski definition) is 5. The molecule has 6 rings (SSSR count). The molecule has 3 aromatic carbocycles. The molecule has 0 spiro atoms. The van der Waals surface area contributed by atoms with E-state index >= 15 is 0 Å². The third kappa shape index (κ3) is 12.7. The highest BCUT2D eigenvalue weighted by atomic mass is 35.5. The molecule has 3 amide bonds. The molecule has 5 N–H and O–H groups in total. The van der Waals surface area contributed by atoms with Gasteiger partial charge < -0.3 is 40.8 Å². The molecule has 2 aliphatic carbocycles. The van der Waals surface area contributed by atoms with Crippen molar-refractivity contribution >= 4 is 52.9 Å². The minimum Gasteiger partial charge on any atom is -0.467 e. The number of amides is 3. The third-order valence-electron chi connectivity index (χ3n) is 9.51. The maximum atomic E-state index is 13.2. The highest BCUT2D eigenvalue weighted by Gasteiger charge is 2.45. The number of benzene rings is 3. The number of ether oxygens (including phenoxy) is 3. The molecule has 0 aliphatic heterocycles. The van der Waals surface area contributed by atoms with Crippen molar-refractivity contribution < 1.29 is 46.6 Å². The quantitative estimate of drug-likeness (QED) is 0.0613. The van der Waals surface area contributed by atoms with Crippen LogP contribution in [-0.4, -0.2) is 83.8 Å². The van der Waals surface area contributed by atoms with E-state index in [4.69, 9.17) is 25.8 Å². The second-order valence-electron chi connectivity index (χ2n) is 14.1.